The number of hydrogen-bond donors (Lipinski definition) is 0. The van der Waals surface area contributed by atoms with Gasteiger partial charge in [-0.3, -0.25) is 9.69 Å². The van der Waals surface area contributed by atoms with E-state index in [1.165, 1.54) is 0 Å². The largest absolute Gasteiger partial charge is 0.465 e. The van der Waals surface area contributed by atoms with Crippen molar-refractivity contribution in [1.29, 1.82) is 0 Å². The molecule has 25 heavy (non-hydrogen) atoms. The molecule has 0 aliphatic carbocycles. The van der Waals surface area contributed by atoms with Crippen LogP contribution >= 0.6 is 15.9 Å². The summed E-state index contributed by atoms with van der Waals surface area (Å²) >= 11 is 3.43. The van der Waals surface area contributed by atoms with Gasteiger partial charge in [0.1, 0.15) is 17.3 Å². The molecule has 0 fully saturated rings. The third-order valence-corrected chi connectivity index (χ3v) is 4.33. The van der Waals surface area contributed by atoms with Gasteiger partial charge in [-0.25, -0.2) is 4.99 Å². The lowest BCUT2D eigenvalue weighted by atomic mass is 10.2. The number of halogens is 1. The lowest BCUT2D eigenvalue weighted by Gasteiger charge is -2.18. The summed E-state index contributed by atoms with van der Waals surface area (Å²) in [6.45, 7) is 0. The number of nitrogens with zero attached hydrogens (tertiary/aromatic N) is 2. The van der Waals surface area contributed by atoms with Crippen molar-refractivity contribution >= 4 is 39.4 Å². The van der Waals surface area contributed by atoms with Gasteiger partial charge in [-0.1, -0.05) is 46.3 Å². The lowest BCUT2D eigenvalue weighted by Crippen LogP contribution is -2.32. The van der Waals surface area contributed by atoms with E-state index in [1.807, 2.05) is 54.6 Å². The molecule has 3 aromatic rings. The Hall–Kier alpha value is -2.92. The van der Waals surface area contributed by atoms with Crippen molar-refractivity contribution in [2.75, 3.05) is 4.90 Å². The summed E-state index contributed by atoms with van der Waals surface area (Å²) < 4.78 is 6.29. The smallest absolute Gasteiger partial charge is 0.282 e. The van der Waals surface area contributed by atoms with E-state index in [-0.39, 0.29) is 5.91 Å². The van der Waals surface area contributed by atoms with Gasteiger partial charge < -0.3 is 4.42 Å². The number of aliphatic imine (C=N–C) groups is 1. The number of furan rings is 1. The summed E-state index contributed by atoms with van der Waals surface area (Å²) in [5.41, 5.74) is 1.98. The van der Waals surface area contributed by atoms with Gasteiger partial charge in [0.2, 0.25) is 0 Å². The monoisotopic (exact) mass is 392 g/mol. The van der Waals surface area contributed by atoms with E-state index >= 15 is 0 Å². The second-order valence-electron chi connectivity index (χ2n) is 5.46. The number of para-hydroxylation sites is 1. The van der Waals surface area contributed by atoms with Crippen LogP contribution in [0.4, 0.5) is 5.69 Å². The molecular formula is C20H13BrN2O2. The third-order valence-electron chi connectivity index (χ3n) is 3.80. The molecule has 4 rings (SSSR count). The van der Waals surface area contributed by atoms with Gasteiger partial charge in [-0.2, -0.15) is 0 Å². The number of amides is 1. The van der Waals surface area contributed by atoms with E-state index in [1.54, 1.807) is 29.4 Å². The molecule has 1 amide bonds. The average molecular weight is 393 g/mol. The standard InChI is InChI=1S/C20H13BrN2O2/c21-15-10-8-14(9-11-15)19-22-18(13-17-7-4-12-25-17)20(24)23(19)16-5-2-1-3-6-16/h1-13H/b18-13+. The molecule has 0 radical (unpaired) electrons. The third kappa shape index (κ3) is 3.06. The Balaban J connectivity index is 1.83. The molecule has 0 saturated carbocycles. The van der Waals surface area contributed by atoms with E-state index in [0.717, 1.165) is 15.7 Å². The number of hydrogen-bond acceptors (Lipinski definition) is 3. The number of rotatable bonds is 3. The van der Waals surface area contributed by atoms with Crippen molar-refractivity contribution in [2.45, 2.75) is 0 Å². The molecule has 1 aromatic heterocycles. The summed E-state index contributed by atoms with van der Waals surface area (Å²) in [6, 6.07) is 20.8. The minimum Gasteiger partial charge on any atom is -0.465 e. The van der Waals surface area contributed by atoms with Crippen LogP contribution in [0, 0.1) is 0 Å². The maximum absolute atomic E-state index is 13.0. The summed E-state index contributed by atoms with van der Waals surface area (Å²) in [4.78, 5) is 19.2. The number of amidine groups is 1. The molecule has 4 nitrogen and oxygen atoms in total. The predicted molar refractivity (Wildman–Crippen MR) is 101 cm³/mol. The van der Waals surface area contributed by atoms with Crippen LogP contribution < -0.4 is 4.90 Å². The molecule has 0 spiro atoms. The molecule has 0 saturated heterocycles. The van der Waals surface area contributed by atoms with Crippen molar-refractivity contribution in [1.82, 2.24) is 0 Å². The minimum atomic E-state index is -0.180. The lowest BCUT2D eigenvalue weighted by molar-refractivity contribution is -0.113. The van der Waals surface area contributed by atoms with Gasteiger partial charge in [-0.05, 0) is 36.4 Å². The van der Waals surface area contributed by atoms with Gasteiger partial charge in [0.05, 0.1) is 12.0 Å². The molecule has 5 heteroatoms. The van der Waals surface area contributed by atoms with Gasteiger partial charge in [0, 0.05) is 16.1 Å². The van der Waals surface area contributed by atoms with Crippen LogP contribution in [0.15, 0.2) is 92.6 Å². The van der Waals surface area contributed by atoms with Crippen LogP contribution in [0.3, 0.4) is 0 Å². The van der Waals surface area contributed by atoms with Crippen LogP contribution in [0.1, 0.15) is 11.3 Å². The van der Waals surface area contributed by atoms with Gasteiger partial charge >= 0.3 is 0 Å². The first kappa shape index (κ1) is 15.6. The summed E-state index contributed by atoms with van der Waals surface area (Å²) in [6.07, 6.45) is 3.23. The number of carbonyl (C=O) groups excluding carboxylic acids is 1. The van der Waals surface area contributed by atoms with E-state index in [4.69, 9.17) is 4.42 Å². The average Bonchev–Trinajstić information content (AvgIpc) is 3.25. The first-order valence-electron chi connectivity index (χ1n) is 7.72. The maximum Gasteiger partial charge on any atom is 0.282 e. The Labute approximate surface area is 153 Å². The van der Waals surface area contributed by atoms with Crippen LogP contribution in [0.25, 0.3) is 6.08 Å². The predicted octanol–water partition coefficient (Wildman–Crippen LogP) is 4.88. The number of anilines is 1. The highest BCUT2D eigenvalue weighted by molar-refractivity contribution is 9.10. The quantitative estimate of drug-likeness (QED) is 0.596. The Bertz CT molecular complexity index is 959. The minimum absolute atomic E-state index is 0.180. The maximum atomic E-state index is 13.0. The summed E-state index contributed by atoms with van der Waals surface area (Å²) in [5, 5.41) is 0. The highest BCUT2D eigenvalue weighted by Gasteiger charge is 2.32. The second-order valence-corrected chi connectivity index (χ2v) is 6.38. The zero-order chi connectivity index (χ0) is 17.2. The van der Waals surface area contributed by atoms with Gasteiger partial charge in [0.15, 0.2) is 0 Å². The summed E-state index contributed by atoms with van der Waals surface area (Å²) in [5.74, 6) is 1.01. The van der Waals surface area contributed by atoms with Crippen LogP contribution in [0.5, 0.6) is 0 Å². The fourth-order valence-electron chi connectivity index (χ4n) is 2.63. The molecule has 2 heterocycles. The van der Waals surface area contributed by atoms with E-state index in [0.29, 0.717) is 17.3 Å². The Morgan fingerprint density at radius 1 is 0.960 bits per heavy atom. The molecular weight excluding hydrogens is 380 g/mol. The topological polar surface area (TPSA) is 45.8 Å². The van der Waals surface area contributed by atoms with Gasteiger partial charge in [0.25, 0.3) is 5.91 Å². The van der Waals surface area contributed by atoms with Crippen molar-refractivity contribution in [3.05, 3.63) is 94.5 Å². The Morgan fingerprint density at radius 3 is 2.40 bits per heavy atom. The molecule has 0 N–H and O–H groups in total. The fraction of sp³-hybridized carbons (Fsp3) is 0. The molecule has 0 atom stereocenters. The highest BCUT2D eigenvalue weighted by Crippen LogP contribution is 2.28. The normalized spacial score (nSPS) is 15.7. The van der Waals surface area contributed by atoms with Crippen molar-refractivity contribution in [3.63, 3.8) is 0 Å². The second kappa shape index (κ2) is 6.53. The van der Waals surface area contributed by atoms with Crippen LogP contribution in [-0.2, 0) is 4.79 Å². The van der Waals surface area contributed by atoms with E-state index in [9.17, 15) is 4.79 Å². The molecule has 0 unspecified atom stereocenters. The first-order valence-corrected chi connectivity index (χ1v) is 8.51. The molecule has 1 aliphatic rings. The van der Waals surface area contributed by atoms with Crippen molar-refractivity contribution in [3.8, 4) is 0 Å². The molecule has 0 bridgehead atoms. The highest BCUT2D eigenvalue weighted by atomic mass is 79.9. The number of benzene rings is 2. The Kier molecular flexibility index (Phi) is 4.07. The molecule has 1 aliphatic heterocycles. The SMILES string of the molecule is O=C1/C(=C\c2ccco2)N=C(c2ccc(Br)cc2)N1c1ccccc1. The molecule has 2 aromatic carbocycles. The van der Waals surface area contributed by atoms with E-state index in [2.05, 4.69) is 20.9 Å². The first-order chi connectivity index (χ1) is 12.2. The van der Waals surface area contributed by atoms with E-state index < -0.39 is 0 Å². The van der Waals surface area contributed by atoms with Crippen molar-refractivity contribution < 1.29 is 9.21 Å². The van der Waals surface area contributed by atoms with Crippen LogP contribution in [-0.4, -0.2) is 11.7 Å². The van der Waals surface area contributed by atoms with Crippen molar-refractivity contribution in [2.24, 2.45) is 4.99 Å². The zero-order valence-electron chi connectivity index (χ0n) is 13.1. The molecule has 122 valence electrons. The number of carbonyl (C=O) groups is 1. The zero-order valence-corrected chi connectivity index (χ0v) is 14.7. The van der Waals surface area contributed by atoms with Gasteiger partial charge in [-0.15, -0.1) is 0 Å². The van der Waals surface area contributed by atoms with Crippen LogP contribution in [0.2, 0.25) is 0 Å². The Morgan fingerprint density at radius 2 is 1.72 bits per heavy atom. The fourth-order valence-corrected chi connectivity index (χ4v) is 2.90. The summed E-state index contributed by atoms with van der Waals surface area (Å²) in [7, 11) is 0.